The van der Waals surface area contributed by atoms with Crippen molar-refractivity contribution >= 4 is 11.9 Å². The van der Waals surface area contributed by atoms with E-state index in [1.54, 1.807) is 0 Å². The van der Waals surface area contributed by atoms with Crippen molar-refractivity contribution < 1.29 is 45.4 Å². The smallest absolute Gasteiger partial charge is 0.432 e. The van der Waals surface area contributed by atoms with Crippen LogP contribution in [0.2, 0.25) is 0 Å². The molecule has 0 N–H and O–H groups in total. The van der Waals surface area contributed by atoms with Gasteiger partial charge in [-0.1, -0.05) is 0 Å². The van der Waals surface area contributed by atoms with Crippen LogP contribution in [-0.2, 0) is 19.1 Å². The third kappa shape index (κ3) is 2.12. The molecule has 0 amide bonds. The second-order valence-electron chi connectivity index (χ2n) is 4.31. The highest BCUT2D eigenvalue weighted by molar-refractivity contribution is 5.86. The van der Waals surface area contributed by atoms with Gasteiger partial charge in [0.15, 0.2) is 0 Å². The molecule has 0 aromatic carbocycles. The van der Waals surface area contributed by atoms with Crippen LogP contribution in [0.3, 0.4) is 0 Å². The summed E-state index contributed by atoms with van der Waals surface area (Å²) in [7, 11) is 0. The van der Waals surface area contributed by atoms with Gasteiger partial charge >= 0.3 is 24.3 Å². The first-order valence-corrected chi connectivity index (χ1v) is 5.22. The number of alkyl halides is 6. The molecule has 20 heavy (non-hydrogen) atoms. The zero-order chi connectivity index (χ0) is 15.3. The summed E-state index contributed by atoms with van der Waals surface area (Å²) in [4.78, 5) is 21.8. The number of carbonyl (C=O) groups is 2. The molecule has 2 heterocycles. The summed E-state index contributed by atoms with van der Waals surface area (Å²) in [5.41, 5.74) is -3.50. The van der Waals surface area contributed by atoms with E-state index in [-0.39, 0.29) is 6.08 Å². The Labute approximate surface area is 107 Å². The maximum absolute atomic E-state index is 13.1. The first kappa shape index (κ1) is 14.7. The number of hydrogen-bond donors (Lipinski definition) is 0. The lowest BCUT2D eigenvalue weighted by Crippen LogP contribution is -2.55. The molecular weight excluding hydrogens is 298 g/mol. The third-order valence-corrected chi connectivity index (χ3v) is 3.06. The Kier molecular flexibility index (Phi) is 3.02. The minimum atomic E-state index is -5.31. The maximum atomic E-state index is 13.1. The highest BCUT2D eigenvalue weighted by Crippen LogP contribution is 2.51. The average Bonchev–Trinajstić information content (AvgIpc) is 2.80. The van der Waals surface area contributed by atoms with Crippen LogP contribution < -0.4 is 0 Å². The molecule has 1 fully saturated rings. The summed E-state index contributed by atoms with van der Waals surface area (Å²) in [6.07, 6.45) is -14.1. The van der Waals surface area contributed by atoms with Crippen molar-refractivity contribution in [1.29, 1.82) is 0 Å². The molecule has 0 radical (unpaired) electrons. The molecule has 2 rings (SSSR count). The van der Waals surface area contributed by atoms with Crippen molar-refractivity contribution in [3.63, 3.8) is 0 Å². The fraction of sp³-hybridized carbons (Fsp3) is 0.600. The van der Waals surface area contributed by atoms with Crippen molar-refractivity contribution in [3.8, 4) is 0 Å². The summed E-state index contributed by atoms with van der Waals surface area (Å²) in [5, 5.41) is 0. The van der Waals surface area contributed by atoms with Gasteiger partial charge in [0, 0.05) is 6.08 Å². The number of esters is 2. The van der Waals surface area contributed by atoms with Gasteiger partial charge in [0.2, 0.25) is 11.7 Å². The summed E-state index contributed by atoms with van der Waals surface area (Å²) in [6, 6.07) is 0. The molecule has 112 valence electrons. The number of halogens is 6. The molecule has 0 saturated carbocycles. The Hall–Kier alpha value is -1.74. The molecule has 2 aliphatic rings. The average molecular weight is 304 g/mol. The number of carbonyl (C=O) groups excluding carboxylic acids is 2. The Balaban J connectivity index is 2.47. The van der Waals surface area contributed by atoms with Gasteiger partial charge in [0.25, 0.3) is 0 Å². The molecule has 0 spiro atoms. The van der Waals surface area contributed by atoms with Gasteiger partial charge in [-0.05, 0) is 6.08 Å². The Morgan fingerprint density at radius 3 is 2.15 bits per heavy atom. The second kappa shape index (κ2) is 4.13. The van der Waals surface area contributed by atoms with Gasteiger partial charge in [-0.3, -0.25) is 4.79 Å². The highest BCUT2D eigenvalue weighted by Gasteiger charge is 2.71. The van der Waals surface area contributed by atoms with Crippen LogP contribution in [0.15, 0.2) is 12.2 Å². The Bertz CT molecular complexity index is 479. The van der Waals surface area contributed by atoms with E-state index >= 15 is 0 Å². The van der Waals surface area contributed by atoms with Crippen LogP contribution in [0.4, 0.5) is 26.3 Å². The molecule has 0 aromatic rings. The van der Waals surface area contributed by atoms with Crippen molar-refractivity contribution in [1.82, 2.24) is 0 Å². The van der Waals surface area contributed by atoms with Crippen LogP contribution in [0.1, 0.15) is 6.42 Å². The molecule has 0 unspecified atom stereocenters. The normalized spacial score (nSPS) is 34.3. The van der Waals surface area contributed by atoms with E-state index in [1.807, 2.05) is 0 Å². The zero-order valence-corrected chi connectivity index (χ0v) is 9.42. The van der Waals surface area contributed by atoms with Crippen molar-refractivity contribution in [3.05, 3.63) is 12.2 Å². The molecule has 2 aliphatic heterocycles. The lowest BCUT2D eigenvalue weighted by atomic mass is 9.81. The summed E-state index contributed by atoms with van der Waals surface area (Å²) < 4.78 is 85.2. The van der Waals surface area contributed by atoms with Gasteiger partial charge in [0.05, 0.1) is 12.3 Å². The fourth-order valence-corrected chi connectivity index (χ4v) is 2.22. The molecule has 0 aliphatic carbocycles. The van der Waals surface area contributed by atoms with Gasteiger partial charge in [-0.15, -0.1) is 0 Å². The van der Waals surface area contributed by atoms with Gasteiger partial charge in [-0.2, -0.15) is 26.3 Å². The molecule has 1 saturated heterocycles. The molecule has 0 bridgehead atoms. The van der Waals surface area contributed by atoms with Crippen molar-refractivity contribution in [2.45, 2.75) is 30.5 Å². The fourth-order valence-electron chi connectivity index (χ4n) is 2.22. The number of rotatable bonds is 1. The van der Waals surface area contributed by atoms with E-state index in [1.165, 1.54) is 0 Å². The number of hydrogen-bond acceptors (Lipinski definition) is 4. The van der Waals surface area contributed by atoms with Crippen molar-refractivity contribution in [2.75, 3.05) is 0 Å². The minimum Gasteiger partial charge on any atom is -0.452 e. The first-order chi connectivity index (χ1) is 8.97. The van der Waals surface area contributed by atoms with Gasteiger partial charge in [-0.25, -0.2) is 4.79 Å². The largest absolute Gasteiger partial charge is 0.452 e. The topological polar surface area (TPSA) is 52.6 Å². The van der Waals surface area contributed by atoms with E-state index < -0.39 is 48.3 Å². The number of cyclic esters (lactones) is 2. The molecule has 0 aromatic heterocycles. The van der Waals surface area contributed by atoms with E-state index in [0.29, 0.717) is 6.08 Å². The second-order valence-corrected chi connectivity index (χ2v) is 4.31. The Morgan fingerprint density at radius 1 is 1.15 bits per heavy atom. The van der Waals surface area contributed by atoms with Crippen LogP contribution in [0.25, 0.3) is 0 Å². The Morgan fingerprint density at radius 2 is 1.75 bits per heavy atom. The minimum absolute atomic E-state index is 0.195. The summed E-state index contributed by atoms with van der Waals surface area (Å²) >= 11 is 0. The zero-order valence-electron chi connectivity index (χ0n) is 9.42. The van der Waals surface area contributed by atoms with Gasteiger partial charge < -0.3 is 9.47 Å². The standard InChI is InChI=1S/C10H6F6O4/c11-9(12,13)7-4(3-6(18)19-7)8(10(14,15)16)2-1-5(17)20-8/h1-2,4,7H,3H2/t4-,7-,8+/m0/s1. The van der Waals surface area contributed by atoms with Crippen molar-refractivity contribution in [2.24, 2.45) is 5.92 Å². The summed E-state index contributed by atoms with van der Waals surface area (Å²) in [5.74, 6) is -5.27. The van der Waals surface area contributed by atoms with E-state index in [9.17, 15) is 35.9 Å². The van der Waals surface area contributed by atoms with E-state index in [2.05, 4.69) is 9.47 Å². The highest BCUT2D eigenvalue weighted by atomic mass is 19.4. The van der Waals surface area contributed by atoms with E-state index in [4.69, 9.17) is 0 Å². The SMILES string of the molecule is O=C1C=C[C@@]([C@H]2CC(=O)O[C@@H]2C(F)(F)F)(C(F)(F)F)O1. The monoisotopic (exact) mass is 304 g/mol. The van der Waals surface area contributed by atoms with Crippen LogP contribution in [-0.4, -0.2) is 36.0 Å². The lowest BCUT2D eigenvalue weighted by molar-refractivity contribution is -0.287. The first-order valence-electron chi connectivity index (χ1n) is 5.22. The molecule has 10 heteroatoms. The molecular formula is C10H6F6O4. The molecule has 4 nitrogen and oxygen atoms in total. The van der Waals surface area contributed by atoms with Crippen LogP contribution >= 0.6 is 0 Å². The lowest BCUT2D eigenvalue weighted by Gasteiger charge is -2.36. The third-order valence-electron chi connectivity index (χ3n) is 3.06. The van der Waals surface area contributed by atoms with Crippen LogP contribution in [0.5, 0.6) is 0 Å². The van der Waals surface area contributed by atoms with E-state index in [0.717, 1.165) is 0 Å². The predicted octanol–water partition coefficient (Wildman–Crippen LogP) is 1.89. The quantitative estimate of drug-likeness (QED) is 0.548. The summed E-state index contributed by atoms with van der Waals surface area (Å²) in [6.45, 7) is 0. The van der Waals surface area contributed by atoms with Crippen LogP contribution in [0, 0.1) is 5.92 Å². The molecule has 3 atom stereocenters. The maximum Gasteiger partial charge on any atom is 0.432 e. The number of ether oxygens (including phenoxy) is 2. The van der Waals surface area contributed by atoms with Gasteiger partial charge in [0.1, 0.15) is 0 Å². The predicted molar refractivity (Wildman–Crippen MR) is 48.1 cm³/mol.